The smallest absolute Gasteiger partial charge is 0.322 e. The van der Waals surface area contributed by atoms with Gasteiger partial charge in [0.1, 0.15) is 5.82 Å². The van der Waals surface area contributed by atoms with Gasteiger partial charge < -0.3 is 4.42 Å². The van der Waals surface area contributed by atoms with Gasteiger partial charge >= 0.3 is 6.01 Å². The normalized spacial score (nSPS) is 10.5. The Morgan fingerprint density at radius 1 is 1.05 bits per heavy atom. The van der Waals surface area contributed by atoms with Gasteiger partial charge in [-0.15, -0.1) is 5.10 Å². The first kappa shape index (κ1) is 13.9. The van der Waals surface area contributed by atoms with Gasteiger partial charge in [-0.25, -0.2) is 4.39 Å². The number of rotatable bonds is 3. The fourth-order valence-corrected chi connectivity index (χ4v) is 1.86. The average molecular weight is 297 g/mol. The number of aryl methyl sites for hydroxylation is 1. The summed E-state index contributed by atoms with van der Waals surface area (Å²) < 4.78 is 18.2. The van der Waals surface area contributed by atoms with E-state index in [1.165, 1.54) is 24.3 Å². The molecule has 0 saturated carbocycles. The summed E-state index contributed by atoms with van der Waals surface area (Å²) >= 11 is 0. The van der Waals surface area contributed by atoms with Gasteiger partial charge in [-0.05, 0) is 43.3 Å². The van der Waals surface area contributed by atoms with Crippen LogP contribution in [0.2, 0.25) is 0 Å². The Kier molecular flexibility index (Phi) is 3.65. The van der Waals surface area contributed by atoms with Gasteiger partial charge in [0.25, 0.3) is 5.91 Å². The summed E-state index contributed by atoms with van der Waals surface area (Å²) in [6.07, 6.45) is 0. The minimum Gasteiger partial charge on any atom is -0.403 e. The maximum Gasteiger partial charge on any atom is 0.322 e. The lowest BCUT2D eigenvalue weighted by Gasteiger charge is -2.00. The molecule has 3 aromatic rings. The van der Waals surface area contributed by atoms with Gasteiger partial charge in [0.15, 0.2) is 0 Å². The second kappa shape index (κ2) is 5.77. The predicted molar refractivity (Wildman–Crippen MR) is 78.8 cm³/mol. The van der Waals surface area contributed by atoms with Crippen molar-refractivity contribution in [2.45, 2.75) is 6.92 Å². The van der Waals surface area contributed by atoms with E-state index in [-0.39, 0.29) is 23.6 Å². The minimum absolute atomic E-state index is 0.00935. The summed E-state index contributed by atoms with van der Waals surface area (Å²) in [5.41, 5.74) is 2.13. The molecule has 0 atom stereocenters. The topological polar surface area (TPSA) is 68.0 Å². The molecule has 0 saturated heterocycles. The molecule has 1 N–H and O–H groups in total. The van der Waals surface area contributed by atoms with Gasteiger partial charge in [-0.3, -0.25) is 10.1 Å². The molecule has 3 rings (SSSR count). The number of nitrogens with one attached hydrogen (secondary N) is 1. The largest absolute Gasteiger partial charge is 0.403 e. The third-order valence-electron chi connectivity index (χ3n) is 3.05. The number of hydrogen-bond acceptors (Lipinski definition) is 4. The van der Waals surface area contributed by atoms with Crippen molar-refractivity contribution in [2.24, 2.45) is 0 Å². The van der Waals surface area contributed by atoms with Crippen LogP contribution in [-0.2, 0) is 0 Å². The van der Waals surface area contributed by atoms with E-state index in [0.29, 0.717) is 11.1 Å². The van der Waals surface area contributed by atoms with Crippen molar-refractivity contribution in [1.82, 2.24) is 10.2 Å². The second-order valence-corrected chi connectivity index (χ2v) is 4.74. The van der Waals surface area contributed by atoms with E-state index >= 15 is 0 Å². The second-order valence-electron chi connectivity index (χ2n) is 4.74. The van der Waals surface area contributed by atoms with Crippen LogP contribution in [0.3, 0.4) is 0 Å². The van der Waals surface area contributed by atoms with Crippen molar-refractivity contribution in [3.63, 3.8) is 0 Å². The highest BCUT2D eigenvalue weighted by Gasteiger charge is 2.12. The molecule has 1 heterocycles. The highest BCUT2D eigenvalue weighted by atomic mass is 19.1. The molecule has 0 fully saturated rings. The van der Waals surface area contributed by atoms with Crippen molar-refractivity contribution in [2.75, 3.05) is 5.32 Å². The number of hydrogen-bond donors (Lipinski definition) is 1. The molecule has 1 amide bonds. The van der Waals surface area contributed by atoms with Crippen LogP contribution in [0.1, 0.15) is 15.9 Å². The van der Waals surface area contributed by atoms with Gasteiger partial charge in [0.2, 0.25) is 5.89 Å². The molecule has 2 aromatic carbocycles. The van der Waals surface area contributed by atoms with E-state index in [2.05, 4.69) is 15.5 Å². The summed E-state index contributed by atoms with van der Waals surface area (Å²) in [5.74, 6) is -0.482. The number of anilines is 1. The van der Waals surface area contributed by atoms with Crippen LogP contribution in [0.15, 0.2) is 52.9 Å². The van der Waals surface area contributed by atoms with Gasteiger partial charge in [0, 0.05) is 11.1 Å². The Morgan fingerprint density at radius 3 is 2.41 bits per heavy atom. The monoisotopic (exact) mass is 297 g/mol. The lowest BCUT2D eigenvalue weighted by molar-refractivity contribution is 0.102. The van der Waals surface area contributed by atoms with Crippen molar-refractivity contribution in [3.8, 4) is 11.5 Å². The van der Waals surface area contributed by atoms with E-state index in [1.807, 2.05) is 19.1 Å². The van der Waals surface area contributed by atoms with Crippen LogP contribution < -0.4 is 5.32 Å². The van der Waals surface area contributed by atoms with E-state index in [0.717, 1.165) is 5.56 Å². The van der Waals surface area contributed by atoms with Crippen molar-refractivity contribution in [3.05, 3.63) is 65.5 Å². The fourth-order valence-electron chi connectivity index (χ4n) is 1.86. The van der Waals surface area contributed by atoms with Crippen molar-refractivity contribution >= 4 is 11.9 Å². The predicted octanol–water partition coefficient (Wildman–Crippen LogP) is 3.44. The number of aromatic nitrogens is 2. The first-order chi connectivity index (χ1) is 10.6. The molecule has 0 bridgehead atoms. The summed E-state index contributed by atoms with van der Waals surface area (Å²) in [5, 5.41) is 10.1. The number of carbonyl (C=O) groups excluding carboxylic acids is 1. The molecule has 0 radical (unpaired) electrons. The third-order valence-corrected chi connectivity index (χ3v) is 3.05. The molecule has 6 heteroatoms. The summed E-state index contributed by atoms with van der Waals surface area (Å²) in [6.45, 7) is 1.94. The molecule has 5 nitrogen and oxygen atoms in total. The standard InChI is InChI=1S/C16H12FN3O2/c1-10-2-4-11(5-3-10)14(21)18-16-20-19-15(22-16)12-6-8-13(17)9-7-12/h2-9H,1H3,(H,18,20,21). The van der Waals surface area contributed by atoms with Gasteiger partial charge in [-0.2, -0.15) is 0 Å². The minimum atomic E-state index is -0.351. The Morgan fingerprint density at radius 2 is 1.73 bits per heavy atom. The highest BCUT2D eigenvalue weighted by molar-refractivity contribution is 6.03. The van der Waals surface area contributed by atoms with Crippen molar-refractivity contribution in [1.29, 1.82) is 0 Å². The lowest BCUT2D eigenvalue weighted by atomic mass is 10.1. The van der Waals surface area contributed by atoms with Crippen LogP contribution in [0.25, 0.3) is 11.5 Å². The molecule has 0 unspecified atom stereocenters. The first-order valence-corrected chi connectivity index (χ1v) is 6.59. The molecule has 0 aliphatic carbocycles. The maximum absolute atomic E-state index is 12.9. The summed E-state index contributed by atoms with van der Waals surface area (Å²) in [7, 11) is 0. The zero-order valence-corrected chi connectivity index (χ0v) is 11.7. The zero-order chi connectivity index (χ0) is 15.5. The first-order valence-electron chi connectivity index (χ1n) is 6.59. The van der Waals surface area contributed by atoms with E-state index in [9.17, 15) is 9.18 Å². The van der Waals surface area contributed by atoms with E-state index in [1.54, 1.807) is 12.1 Å². The number of amides is 1. The average Bonchev–Trinajstić information content (AvgIpc) is 2.97. The maximum atomic E-state index is 12.9. The van der Waals surface area contributed by atoms with Crippen LogP contribution in [0.4, 0.5) is 10.4 Å². The Balaban J connectivity index is 1.75. The zero-order valence-electron chi connectivity index (χ0n) is 11.7. The molecule has 0 aliphatic rings. The van der Waals surface area contributed by atoms with E-state index in [4.69, 9.17) is 4.42 Å². The lowest BCUT2D eigenvalue weighted by Crippen LogP contribution is -2.11. The molecule has 0 spiro atoms. The summed E-state index contributed by atoms with van der Waals surface area (Å²) in [6, 6.07) is 12.7. The van der Waals surface area contributed by atoms with E-state index < -0.39 is 0 Å². The molecule has 0 aliphatic heterocycles. The molecule has 22 heavy (non-hydrogen) atoms. The molecular formula is C16H12FN3O2. The Hall–Kier alpha value is -3.02. The SMILES string of the molecule is Cc1ccc(C(=O)Nc2nnc(-c3ccc(F)cc3)o2)cc1. The Bertz CT molecular complexity index is 795. The van der Waals surface area contributed by atoms with Crippen LogP contribution in [0, 0.1) is 12.7 Å². The van der Waals surface area contributed by atoms with Crippen LogP contribution in [-0.4, -0.2) is 16.1 Å². The summed E-state index contributed by atoms with van der Waals surface area (Å²) in [4.78, 5) is 12.0. The molecular weight excluding hydrogens is 285 g/mol. The number of carbonyl (C=O) groups is 1. The van der Waals surface area contributed by atoms with Gasteiger partial charge in [0.05, 0.1) is 0 Å². The Labute approximate surface area is 125 Å². The number of nitrogens with zero attached hydrogens (tertiary/aromatic N) is 2. The van der Waals surface area contributed by atoms with Gasteiger partial charge in [-0.1, -0.05) is 22.8 Å². The number of benzene rings is 2. The van der Waals surface area contributed by atoms with Crippen LogP contribution in [0.5, 0.6) is 0 Å². The number of halogens is 1. The van der Waals surface area contributed by atoms with Crippen LogP contribution >= 0.6 is 0 Å². The fraction of sp³-hybridized carbons (Fsp3) is 0.0625. The third kappa shape index (κ3) is 3.01. The highest BCUT2D eigenvalue weighted by Crippen LogP contribution is 2.20. The van der Waals surface area contributed by atoms with Crippen molar-refractivity contribution < 1.29 is 13.6 Å². The quantitative estimate of drug-likeness (QED) is 0.804. The molecule has 110 valence electrons. The molecule has 1 aromatic heterocycles.